The van der Waals surface area contributed by atoms with Gasteiger partial charge in [-0.25, -0.2) is 0 Å². The predicted octanol–water partition coefficient (Wildman–Crippen LogP) is 5.07. The van der Waals surface area contributed by atoms with Crippen LogP contribution in [0.2, 0.25) is 0 Å². The second-order valence-electron chi connectivity index (χ2n) is 4.03. The first-order valence-corrected chi connectivity index (χ1v) is 6.27. The van der Waals surface area contributed by atoms with Gasteiger partial charge in [-0.3, -0.25) is 0 Å². The van der Waals surface area contributed by atoms with Crippen molar-refractivity contribution in [1.29, 1.82) is 0 Å². The highest BCUT2D eigenvalue weighted by Gasteiger charge is 2.30. The molecule has 0 radical (unpaired) electrons. The average Bonchev–Trinajstić information content (AvgIpc) is 2.20. The maximum Gasteiger partial charge on any atom is 0.416 e. The molecule has 0 aliphatic rings. The molecular weight excluding hydrogens is 295 g/mol. The van der Waals surface area contributed by atoms with E-state index in [4.69, 9.17) is 0 Å². The van der Waals surface area contributed by atoms with E-state index >= 15 is 0 Å². The van der Waals surface area contributed by atoms with Gasteiger partial charge in [0.2, 0.25) is 0 Å². The Hall–Kier alpha value is -0.710. The molecule has 0 spiro atoms. The molecule has 1 aromatic carbocycles. The van der Waals surface area contributed by atoms with E-state index in [-0.39, 0.29) is 6.04 Å². The summed E-state index contributed by atoms with van der Waals surface area (Å²) in [6.45, 7) is 4.00. The van der Waals surface area contributed by atoms with Crippen LogP contribution in [0.25, 0.3) is 0 Å². The molecule has 0 amide bonds. The van der Waals surface area contributed by atoms with Gasteiger partial charge in [0, 0.05) is 16.2 Å². The molecule has 0 saturated heterocycles. The van der Waals surface area contributed by atoms with Gasteiger partial charge in [-0.15, -0.1) is 0 Å². The van der Waals surface area contributed by atoms with Gasteiger partial charge in [-0.1, -0.05) is 13.3 Å². The average molecular weight is 310 g/mol. The van der Waals surface area contributed by atoms with Crippen LogP contribution in [-0.4, -0.2) is 6.04 Å². The van der Waals surface area contributed by atoms with Crippen LogP contribution in [0.5, 0.6) is 0 Å². The number of alkyl halides is 3. The Bertz CT molecular complexity index is 377. The van der Waals surface area contributed by atoms with Crippen LogP contribution in [0.15, 0.2) is 22.7 Å². The third-order valence-corrected chi connectivity index (χ3v) is 3.11. The summed E-state index contributed by atoms with van der Waals surface area (Å²) in [5.41, 5.74) is -0.146. The fourth-order valence-electron chi connectivity index (χ4n) is 1.58. The van der Waals surface area contributed by atoms with Gasteiger partial charge in [-0.2, -0.15) is 13.2 Å². The standard InChI is InChI=1S/C12H15BrF3N/c1-3-4-8(2)17-11-7-9(12(14,15)16)5-6-10(11)13/h5-8,17H,3-4H2,1-2H3. The lowest BCUT2D eigenvalue weighted by Gasteiger charge is -2.17. The van der Waals surface area contributed by atoms with Gasteiger partial charge in [0.15, 0.2) is 0 Å². The fraction of sp³-hybridized carbons (Fsp3) is 0.500. The first-order chi connectivity index (χ1) is 7.84. The third kappa shape index (κ3) is 4.22. The normalized spacial score (nSPS) is 13.5. The molecule has 0 aromatic heterocycles. The molecule has 1 aromatic rings. The van der Waals surface area contributed by atoms with Crippen LogP contribution < -0.4 is 5.32 Å². The largest absolute Gasteiger partial charge is 0.416 e. The molecule has 0 heterocycles. The number of hydrogen-bond donors (Lipinski definition) is 1. The Balaban J connectivity index is 2.91. The number of nitrogens with one attached hydrogen (secondary N) is 1. The van der Waals surface area contributed by atoms with E-state index in [9.17, 15) is 13.2 Å². The summed E-state index contributed by atoms with van der Waals surface area (Å²) in [5, 5.41) is 3.08. The molecule has 0 aliphatic heterocycles. The summed E-state index contributed by atoms with van der Waals surface area (Å²) >= 11 is 3.25. The molecular formula is C12H15BrF3N. The van der Waals surface area contributed by atoms with E-state index in [1.807, 2.05) is 13.8 Å². The zero-order chi connectivity index (χ0) is 13.1. The SMILES string of the molecule is CCCC(C)Nc1cc(C(F)(F)F)ccc1Br. The van der Waals surface area contributed by atoms with Gasteiger partial charge < -0.3 is 5.32 Å². The van der Waals surface area contributed by atoms with Gasteiger partial charge in [0.05, 0.1) is 5.56 Å². The van der Waals surface area contributed by atoms with Crippen LogP contribution in [0.1, 0.15) is 32.3 Å². The zero-order valence-corrected chi connectivity index (χ0v) is 11.3. The maximum atomic E-state index is 12.5. The van der Waals surface area contributed by atoms with Crippen LogP contribution in [0.4, 0.5) is 18.9 Å². The Morgan fingerprint density at radius 2 is 2.00 bits per heavy atom. The minimum atomic E-state index is -4.30. The third-order valence-electron chi connectivity index (χ3n) is 2.42. The Morgan fingerprint density at radius 1 is 1.35 bits per heavy atom. The number of halogens is 4. The summed E-state index contributed by atoms with van der Waals surface area (Å²) in [7, 11) is 0. The lowest BCUT2D eigenvalue weighted by Crippen LogP contribution is -2.15. The zero-order valence-electron chi connectivity index (χ0n) is 9.74. The molecule has 0 saturated carbocycles. The van der Waals surface area contributed by atoms with E-state index in [2.05, 4.69) is 21.2 Å². The van der Waals surface area contributed by atoms with E-state index < -0.39 is 11.7 Å². The summed E-state index contributed by atoms with van der Waals surface area (Å²) in [6, 6.07) is 3.78. The Kier molecular flexibility index (Phi) is 4.86. The van der Waals surface area contributed by atoms with Crippen LogP contribution in [0.3, 0.4) is 0 Å². The number of benzene rings is 1. The van der Waals surface area contributed by atoms with Crippen LogP contribution >= 0.6 is 15.9 Å². The molecule has 1 rings (SSSR count). The van der Waals surface area contributed by atoms with Crippen LogP contribution in [0, 0.1) is 0 Å². The summed E-state index contributed by atoms with van der Waals surface area (Å²) in [4.78, 5) is 0. The highest BCUT2D eigenvalue weighted by Crippen LogP contribution is 2.34. The highest BCUT2D eigenvalue weighted by atomic mass is 79.9. The quantitative estimate of drug-likeness (QED) is 0.819. The van der Waals surface area contributed by atoms with Crippen molar-refractivity contribution in [2.75, 3.05) is 5.32 Å². The van der Waals surface area contributed by atoms with Crippen molar-refractivity contribution >= 4 is 21.6 Å². The van der Waals surface area contributed by atoms with E-state index in [0.29, 0.717) is 10.2 Å². The highest BCUT2D eigenvalue weighted by molar-refractivity contribution is 9.10. The first kappa shape index (κ1) is 14.4. The molecule has 1 unspecified atom stereocenters. The molecule has 0 aliphatic carbocycles. The smallest absolute Gasteiger partial charge is 0.382 e. The van der Waals surface area contributed by atoms with Crippen LogP contribution in [-0.2, 0) is 6.18 Å². The number of rotatable bonds is 4. The van der Waals surface area contributed by atoms with E-state index in [1.165, 1.54) is 6.07 Å². The van der Waals surface area contributed by atoms with Gasteiger partial charge in [0.25, 0.3) is 0 Å². The lowest BCUT2D eigenvalue weighted by molar-refractivity contribution is -0.137. The molecule has 1 atom stereocenters. The monoisotopic (exact) mass is 309 g/mol. The van der Waals surface area contributed by atoms with Crippen molar-refractivity contribution in [3.8, 4) is 0 Å². The molecule has 96 valence electrons. The topological polar surface area (TPSA) is 12.0 Å². The summed E-state index contributed by atoms with van der Waals surface area (Å²) in [6.07, 6.45) is -2.39. The van der Waals surface area contributed by atoms with Crippen molar-refractivity contribution in [3.63, 3.8) is 0 Å². The van der Waals surface area contributed by atoms with Crippen molar-refractivity contribution in [1.82, 2.24) is 0 Å². The predicted molar refractivity (Wildman–Crippen MR) is 67.1 cm³/mol. The maximum absolute atomic E-state index is 12.5. The Morgan fingerprint density at radius 3 is 2.53 bits per heavy atom. The second kappa shape index (κ2) is 5.76. The molecule has 5 heteroatoms. The second-order valence-corrected chi connectivity index (χ2v) is 4.88. The molecule has 1 N–H and O–H groups in total. The molecule has 0 bridgehead atoms. The minimum absolute atomic E-state index is 0.153. The molecule has 0 fully saturated rings. The number of anilines is 1. The minimum Gasteiger partial charge on any atom is -0.382 e. The van der Waals surface area contributed by atoms with Gasteiger partial charge >= 0.3 is 6.18 Å². The fourth-order valence-corrected chi connectivity index (χ4v) is 1.94. The lowest BCUT2D eigenvalue weighted by atomic mass is 10.1. The van der Waals surface area contributed by atoms with Crippen molar-refractivity contribution < 1.29 is 13.2 Å². The molecule has 17 heavy (non-hydrogen) atoms. The number of hydrogen-bond acceptors (Lipinski definition) is 1. The summed E-state index contributed by atoms with van der Waals surface area (Å²) < 4.78 is 38.3. The van der Waals surface area contributed by atoms with Crippen molar-refractivity contribution in [3.05, 3.63) is 28.2 Å². The van der Waals surface area contributed by atoms with Gasteiger partial charge in [-0.05, 0) is 47.5 Å². The Labute approximate surface area is 108 Å². The van der Waals surface area contributed by atoms with E-state index in [0.717, 1.165) is 25.0 Å². The van der Waals surface area contributed by atoms with Gasteiger partial charge in [0.1, 0.15) is 0 Å². The molecule has 1 nitrogen and oxygen atoms in total. The van der Waals surface area contributed by atoms with Crippen molar-refractivity contribution in [2.24, 2.45) is 0 Å². The van der Waals surface area contributed by atoms with E-state index in [1.54, 1.807) is 0 Å². The van der Waals surface area contributed by atoms with Crippen molar-refractivity contribution in [2.45, 2.75) is 38.9 Å². The summed E-state index contributed by atoms with van der Waals surface area (Å²) in [5.74, 6) is 0. The first-order valence-electron chi connectivity index (χ1n) is 5.48.